The number of H-pyrrole nitrogens is 1. The molecule has 2 aromatic heterocycles. The van der Waals surface area contributed by atoms with Crippen molar-refractivity contribution < 1.29 is 14.1 Å². The Bertz CT molecular complexity index is 1240. The molecule has 0 radical (unpaired) electrons. The van der Waals surface area contributed by atoms with Crippen LogP contribution in [0.3, 0.4) is 0 Å². The predicted molar refractivity (Wildman–Crippen MR) is 115 cm³/mol. The normalized spacial score (nSPS) is 16.5. The average Bonchev–Trinajstić information content (AvgIpc) is 3.37. The van der Waals surface area contributed by atoms with Crippen molar-refractivity contribution in [3.63, 3.8) is 0 Å². The average molecular weight is 433 g/mol. The molecule has 1 fully saturated rings. The molecule has 5 rings (SSSR count). The molecule has 0 atom stereocenters. The van der Waals surface area contributed by atoms with Gasteiger partial charge >= 0.3 is 0 Å². The van der Waals surface area contributed by atoms with Crippen LogP contribution in [-0.4, -0.2) is 56.6 Å². The summed E-state index contributed by atoms with van der Waals surface area (Å²) in [5.41, 5.74) is 3.45. The molecule has 32 heavy (non-hydrogen) atoms. The molecule has 0 bridgehead atoms. The van der Waals surface area contributed by atoms with E-state index in [2.05, 4.69) is 15.4 Å². The monoisotopic (exact) mass is 433 g/mol. The summed E-state index contributed by atoms with van der Waals surface area (Å²) >= 11 is 0. The largest absolute Gasteiger partial charge is 0.356 e. The number of carbonyl (C=O) groups excluding carboxylic acids is 2. The molecule has 4 heterocycles. The number of hydrogen-bond acceptors (Lipinski definition) is 6. The molecular weight excluding hydrogens is 410 g/mol. The Morgan fingerprint density at radius 2 is 1.94 bits per heavy atom. The number of benzene rings is 1. The Morgan fingerprint density at radius 1 is 1.16 bits per heavy atom. The maximum Gasteiger partial charge on any atom is 0.264 e. The summed E-state index contributed by atoms with van der Waals surface area (Å²) in [7, 11) is 0. The maximum atomic E-state index is 12.9. The van der Waals surface area contributed by atoms with Gasteiger partial charge in [-0.05, 0) is 31.4 Å². The van der Waals surface area contributed by atoms with E-state index in [0.29, 0.717) is 49.4 Å². The third kappa shape index (κ3) is 3.70. The molecule has 0 spiro atoms. The number of hydrogen-bond donors (Lipinski definition) is 1. The van der Waals surface area contributed by atoms with E-state index in [9.17, 15) is 14.4 Å². The first kappa shape index (κ1) is 20.2. The van der Waals surface area contributed by atoms with Crippen molar-refractivity contribution in [3.05, 3.63) is 69.3 Å². The summed E-state index contributed by atoms with van der Waals surface area (Å²) < 4.78 is 5.36. The van der Waals surface area contributed by atoms with Crippen LogP contribution in [0.4, 0.5) is 0 Å². The highest BCUT2D eigenvalue weighted by molar-refractivity contribution is 6.00. The third-order valence-corrected chi connectivity index (χ3v) is 6.19. The second kappa shape index (κ2) is 8.07. The molecule has 2 aliphatic rings. The number of rotatable bonds is 4. The van der Waals surface area contributed by atoms with Gasteiger partial charge in [-0.25, -0.2) is 5.10 Å². The molecule has 164 valence electrons. The number of piperidine rings is 1. The summed E-state index contributed by atoms with van der Waals surface area (Å²) in [5, 5.41) is 10.7. The zero-order valence-corrected chi connectivity index (χ0v) is 17.7. The quantitative estimate of drug-likeness (QED) is 0.674. The summed E-state index contributed by atoms with van der Waals surface area (Å²) in [6.07, 6.45) is 1.41. The van der Waals surface area contributed by atoms with E-state index in [1.165, 1.54) is 6.07 Å². The van der Waals surface area contributed by atoms with Gasteiger partial charge in [0.25, 0.3) is 11.5 Å². The van der Waals surface area contributed by atoms with Crippen molar-refractivity contribution >= 4 is 11.8 Å². The molecular formula is C23H23N5O4. The SMILES string of the molecule is Cc1cc(-c2cc(=O)[nH]nc2C2CCN(C(=O)CN3Cc4ccccc4C3=O)CC2)on1. The fourth-order valence-electron chi connectivity index (χ4n) is 4.52. The summed E-state index contributed by atoms with van der Waals surface area (Å²) in [6, 6.07) is 10.7. The third-order valence-electron chi connectivity index (χ3n) is 6.19. The van der Waals surface area contributed by atoms with Crippen LogP contribution in [-0.2, 0) is 11.3 Å². The number of aryl methyl sites for hydroxylation is 1. The molecule has 1 saturated heterocycles. The van der Waals surface area contributed by atoms with Crippen LogP contribution in [0.15, 0.2) is 45.7 Å². The van der Waals surface area contributed by atoms with Crippen LogP contribution in [0.25, 0.3) is 11.3 Å². The van der Waals surface area contributed by atoms with Crippen molar-refractivity contribution in [1.82, 2.24) is 25.2 Å². The second-order valence-corrected chi connectivity index (χ2v) is 8.34. The molecule has 0 unspecified atom stereocenters. The van der Waals surface area contributed by atoms with Crippen molar-refractivity contribution in [2.24, 2.45) is 0 Å². The first-order valence-corrected chi connectivity index (χ1v) is 10.7. The van der Waals surface area contributed by atoms with Crippen LogP contribution in [0, 0.1) is 6.92 Å². The lowest BCUT2D eigenvalue weighted by molar-refractivity contribution is -0.133. The van der Waals surface area contributed by atoms with E-state index in [1.807, 2.05) is 25.1 Å². The number of aromatic nitrogens is 3. The van der Waals surface area contributed by atoms with Gasteiger partial charge in [0.2, 0.25) is 5.91 Å². The number of nitrogens with zero attached hydrogens (tertiary/aromatic N) is 4. The zero-order chi connectivity index (χ0) is 22.2. The number of likely N-dealkylation sites (tertiary alicyclic amines) is 1. The lowest BCUT2D eigenvalue weighted by atomic mass is 9.90. The van der Waals surface area contributed by atoms with E-state index < -0.39 is 0 Å². The van der Waals surface area contributed by atoms with Crippen molar-refractivity contribution in [1.29, 1.82) is 0 Å². The van der Waals surface area contributed by atoms with Crippen LogP contribution in [0.1, 0.15) is 46.1 Å². The summed E-state index contributed by atoms with van der Waals surface area (Å²) in [6.45, 7) is 3.50. The van der Waals surface area contributed by atoms with Crippen LogP contribution in [0.5, 0.6) is 0 Å². The molecule has 9 nitrogen and oxygen atoms in total. The van der Waals surface area contributed by atoms with Gasteiger partial charge in [0.1, 0.15) is 6.54 Å². The van der Waals surface area contributed by atoms with Gasteiger partial charge in [-0.3, -0.25) is 14.4 Å². The van der Waals surface area contributed by atoms with Gasteiger partial charge in [-0.2, -0.15) is 5.10 Å². The smallest absolute Gasteiger partial charge is 0.264 e. The highest BCUT2D eigenvalue weighted by atomic mass is 16.5. The summed E-state index contributed by atoms with van der Waals surface area (Å²) in [5.74, 6) is 0.453. The number of aromatic amines is 1. The zero-order valence-electron chi connectivity index (χ0n) is 17.7. The van der Waals surface area contributed by atoms with Crippen LogP contribution in [0.2, 0.25) is 0 Å². The minimum Gasteiger partial charge on any atom is -0.356 e. The minimum absolute atomic E-state index is 0.0508. The number of amides is 2. The molecule has 1 N–H and O–H groups in total. The van der Waals surface area contributed by atoms with E-state index in [-0.39, 0.29) is 29.8 Å². The van der Waals surface area contributed by atoms with Crippen LogP contribution < -0.4 is 5.56 Å². The molecule has 0 aliphatic carbocycles. The fraction of sp³-hybridized carbons (Fsp3) is 0.348. The topological polar surface area (TPSA) is 112 Å². The second-order valence-electron chi connectivity index (χ2n) is 8.34. The number of fused-ring (bicyclic) bond motifs is 1. The van der Waals surface area contributed by atoms with E-state index >= 15 is 0 Å². The van der Waals surface area contributed by atoms with Gasteiger partial charge in [0, 0.05) is 48.8 Å². The lowest BCUT2D eigenvalue weighted by Crippen LogP contribution is -2.44. The molecule has 1 aromatic carbocycles. The first-order valence-electron chi connectivity index (χ1n) is 10.7. The van der Waals surface area contributed by atoms with Gasteiger partial charge in [-0.15, -0.1) is 0 Å². The van der Waals surface area contributed by atoms with Crippen LogP contribution >= 0.6 is 0 Å². The molecule has 2 amide bonds. The Labute approximate surface area is 184 Å². The van der Waals surface area contributed by atoms with E-state index in [0.717, 1.165) is 17.0 Å². The van der Waals surface area contributed by atoms with Crippen molar-refractivity contribution in [2.75, 3.05) is 19.6 Å². The highest BCUT2D eigenvalue weighted by Gasteiger charge is 2.32. The standard InChI is InChI=1S/C23H23N5O4/c1-14-10-19(32-26-14)18-11-20(29)24-25-22(18)15-6-8-27(9-7-15)21(30)13-28-12-16-4-2-3-5-17(16)23(28)31/h2-5,10-11,15H,6-9,12-13H2,1H3,(H,24,29). The fourth-order valence-corrected chi connectivity index (χ4v) is 4.52. The van der Waals surface area contributed by atoms with Gasteiger partial charge in [0.05, 0.1) is 11.4 Å². The number of nitrogens with one attached hydrogen (secondary N) is 1. The van der Waals surface area contributed by atoms with Gasteiger partial charge in [0.15, 0.2) is 5.76 Å². The molecule has 9 heteroatoms. The summed E-state index contributed by atoms with van der Waals surface area (Å²) in [4.78, 5) is 40.7. The predicted octanol–water partition coefficient (Wildman–Crippen LogP) is 2.10. The molecule has 0 saturated carbocycles. The van der Waals surface area contributed by atoms with E-state index in [4.69, 9.17) is 4.52 Å². The van der Waals surface area contributed by atoms with Crippen molar-refractivity contribution in [2.45, 2.75) is 32.2 Å². The number of carbonyl (C=O) groups is 2. The van der Waals surface area contributed by atoms with E-state index in [1.54, 1.807) is 21.9 Å². The van der Waals surface area contributed by atoms with Crippen molar-refractivity contribution in [3.8, 4) is 11.3 Å². The highest BCUT2D eigenvalue weighted by Crippen LogP contribution is 2.33. The van der Waals surface area contributed by atoms with Gasteiger partial charge in [-0.1, -0.05) is 23.4 Å². The Kier molecular flexibility index (Phi) is 5.08. The van der Waals surface area contributed by atoms with Gasteiger partial charge < -0.3 is 14.3 Å². The first-order chi connectivity index (χ1) is 15.5. The Hall–Kier alpha value is -3.75. The minimum atomic E-state index is -0.304. The Morgan fingerprint density at radius 3 is 2.66 bits per heavy atom. The lowest BCUT2D eigenvalue weighted by Gasteiger charge is -2.33. The Balaban J connectivity index is 1.25. The molecule has 2 aliphatic heterocycles. The molecule has 3 aromatic rings. The maximum absolute atomic E-state index is 12.9.